The van der Waals surface area contributed by atoms with Crippen LogP contribution in [0.4, 0.5) is 0 Å². The van der Waals surface area contributed by atoms with E-state index < -0.39 is 0 Å². The van der Waals surface area contributed by atoms with Crippen molar-refractivity contribution in [2.75, 3.05) is 5.33 Å². The molecule has 0 amide bonds. The molecule has 0 N–H and O–H groups in total. The second-order valence-corrected chi connectivity index (χ2v) is 3.88. The smallest absolute Gasteiger partial charge is 0.118 e. The average Bonchev–Trinajstić information content (AvgIpc) is 2.81. The van der Waals surface area contributed by atoms with Crippen molar-refractivity contribution in [3.8, 4) is 0 Å². The van der Waals surface area contributed by atoms with E-state index in [-0.39, 0.29) is 5.60 Å². The zero-order chi connectivity index (χ0) is 8.60. The summed E-state index contributed by atoms with van der Waals surface area (Å²) < 4.78 is 5.59. The monoisotopic (exact) mass is 226 g/mol. The maximum atomic E-state index is 5.59. The van der Waals surface area contributed by atoms with Gasteiger partial charge in [-0.2, -0.15) is 0 Å². The molecule has 1 nitrogen and oxygen atoms in total. The van der Waals surface area contributed by atoms with E-state index in [0.717, 1.165) is 5.33 Å². The van der Waals surface area contributed by atoms with Crippen LogP contribution in [0.3, 0.4) is 0 Å². The third-order valence-electron chi connectivity index (χ3n) is 2.43. The van der Waals surface area contributed by atoms with E-state index in [9.17, 15) is 0 Å². The van der Waals surface area contributed by atoms with E-state index in [1.165, 1.54) is 5.56 Å². The molecule has 1 saturated heterocycles. The van der Waals surface area contributed by atoms with Crippen molar-refractivity contribution < 1.29 is 4.74 Å². The molecule has 1 aromatic rings. The Labute approximate surface area is 80.9 Å². The highest BCUT2D eigenvalue weighted by molar-refractivity contribution is 9.09. The highest BCUT2D eigenvalue weighted by Crippen LogP contribution is 2.46. The Morgan fingerprint density at radius 1 is 1.42 bits per heavy atom. The fourth-order valence-corrected chi connectivity index (χ4v) is 2.21. The number of hydrogen-bond acceptors (Lipinski definition) is 1. The van der Waals surface area contributed by atoms with Gasteiger partial charge in [0.1, 0.15) is 11.7 Å². The first kappa shape index (κ1) is 8.27. The minimum atomic E-state index is -0.0369. The highest BCUT2D eigenvalue weighted by Gasteiger charge is 2.52. The van der Waals surface area contributed by atoms with Crippen LogP contribution in [0.1, 0.15) is 12.5 Å². The summed E-state index contributed by atoms with van der Waals surface area (Å²) in [7, 11) is 0. The molecule has 64 valence electrons. The molecule has 0 aliphatic carbocycles. The van der Waals surface area contributed by atoms with Crippen LogP contribution in [0.2, 0.25) is 0 Å². The van der Waals surface area contributed by atoms with E-state index in [0.29, 0.717) is 6.10 Å². The number of ether oxygens (including phenoxy) is 1. The van der Waals surface area contributed by atoms with Gasteiger partial charge in [0.25, 0.3) is 0 Å². The molecular formula is C10H11BrO. The van der Waals surface area contributed by atoms with Crippen molar-refractivity contribution in [1.29, 1.82) is 0 Å². The Balaban J connectivity index is 2.23. The first-order valence-electron chi connectivity index (χ1n) is 4.06. The van der Waals surface area contributed by atoms with Crippen LogP contribution >= 0.6 is 15.9 Å². The lowest BCUT2D eigenvalue weighted by atomic mass is 9.98. The predicted molar refractivity (Wildman–Crippen MR) is 52.5 cm³/mol. The molecular weight excluding hydrogens is 216 g/mol. The van der Waals surface area contributed by atoms with Gasteiger partial charge in [-0.25, -0.2) is 0 Å². The van der Waals surface area contributed by atoms with Gasteiger partial charge >= 0.3 is 0 Å². The molecule has 1 aromatic carbocycles. The number of alkyl halides is 1. The SMILES string of the molecule is CC1(c2ccccc2)OC1CBr. The summed E-state index contributed by atoms with van der Waals surface area (Å²) in [4.78, 5) is 0. The van der Waals surface area contributed by atoms with Gasteiger partial charge < -0.3 is 4.74 Å². The molecule has 0 radical (unpaired) electrons. The lowest BCUT2D eigenvalue weighted by Gasteiger charge is -2.04. The first-order valence-corrected chi connectivity index (χ1v) is 5.19. The van der Waals surface area contributed by atoms with Gasteiger partial charge in [0.2, 0.25) is 0 Å². The molecule has 2 heteroatoms. The topological polar surface area (TPSA) is 12.5 Å². The van der Waals surface area contributed by atoms with Gasteiger partial charge in [-0.15, -0.1) is 0 Å². The van der Waals surface area contributed by atoms with Crippen LogP contribution < -0.4 is 0 Å². The Bertz CT molecular complexity index is 272. The van der Waals surface area contributed by atoms with Crippen LogP contribution in [0.5, 0.6) is 0 Å². The zero-order valence-electron chi connectivity index (χ0n) is 6.96. The van der Waals surface area contributed by atoms with Crippen molar-refractivity contribution in [1.82, 2.24) is 0 Å². The molecule has 12 heavy (non-hydrogen) atoms. The summed E-state index contributed by atoms with van der Waals surface area (Å²) in [6, 6.07) is 10.4. The van der Waals surface area contributed by atoms with Gasteiger partial charge in [-0.05, 0) is 12.5 Å². The predicted octanol–water partition coefficient (Wildman–Crippen LogP) is 2.70. The Morgan fingerprint density at radius 3 is 2.58 bits per heavy atom. The van der Waals surface area contributed by atoms with E-state index in [2.05, 4.69) is 35.0 Å². The largest absolute Gasteiger partial charge is 0.360 e. The molecule has 0 aromatic heterocycles. The second kappa shape index (κ2) is 2.86. The summed E-state index contributed by atoms with van der Waals surface area (Å²) in [5.41, 5.74) is 1.24. The number of epoxide rings is 1. The maximum absolute atomic E-state index is 5.59. The second-order valence-electron chi connectivity index (χ2n) is 3.23. The molecule has 0 saturated carbocycles. The lowest BCUT2D eigenvalue weighted by molar-refractivity contribution is 0.317. The summed E-state index contributed by atoms with van der Waals surface area (Å²) in [6.07, 6.45) is 0.347. The molecule has 1 heterocycles. The third kappa shape index (κ3) is 1.19. The molecule has 0 spiro atoms. The lowest BCUT2D eigenvalue weighted by Crippen LogP contribution is -2.07. The quantitative estimate of drug-likeness (QED) is 0.559. The Kier molecular flexibility index (Phi) is 1.97. The van der Waals surface area contributed by atoms with E-state index in [1.54, 1.807) is 0 Å². The van der Waals surface area contributed by atoms with Crippen molar-refractivity contribution >= 4 is 15.9 Å². The first-order chi connectivity index (χ1) is 5.77. The van der Waals surface area contributed by atoms with Crippen LogP contribution in [0, 0.1) is 0 Å². The minimum Gasteiger partial charge on any atom is -0.360 e. The van der Waals surface area contributed by atoms with Crippen molar-refractivity contribution in [2.24, 2.45) is 0 Å². The fraction of sp³-hybridized carbons (Fsp3) is 0.400. The fourth-order valence-electron chi connectivity index (χ4n) is 1.46. The van der Waals surface area contributed by atoms with Gasteiger partial charge in [-0.1, -0.05) is 46.3 Å². The molecule has 1 aliphatic rings. The standard InChI is InChI=1S/C10H11BrO/c1-10(9(7-11)12-10)8-5-3-2-4-6-8/h2-6,9H,7H2,1H3. The summed E-state index contributed by atoms with van der Waals surface area (Å²) >= 11 is 3.42. The van der Waals surface area contributed by atoms with Crippen LogP contribution in [0.25, 0.3) is 0 Å². The minimum absolute atomic E-state index is 0.0369. The van der Waals surface area contributed by atoms with Crippen molar-refractivity contribution in [3.05, 3.63) is 35.9 Å². The van der Waals surface area contributed by atoms with Gasteiger partial charge in [0, 0.05) is 5.33 Å². The molecule has 2 unspecified atom stereocenters. The molecule has 1 aliphatic heterocycles. The van der Waals surface area contributed by atoms with E-state index in [1.807, 2.05) is 18.2 Å². The molecule has 0 bridgehead atoms. The van der Waals surface area contributed by atoms with Crippen LogP contribution in [-0.4, -0.2) is 11.4 Å². The summed E-state index contributed by atoms with van der Waals surface area (Å²) in [5.74, 6) is 0. The molecule has 2 atom stereocenters. The number of hydrogen-bond donors (Lipinski definition) is 0. The number of benzene rings is 1. The van der Waals surface area contributed by atoms with E-state index in [4.69, 9.17) is 4.74 Å². The van der Waals surface area contributed by atoms with Crippen molar-refractivity contribution in [3.63, 3.8) is 0 Å². The Morgan fingerprint density at radius 2 is 2.08 bits per heavy atom. The summed E-state index contributed by atoms with van der Waals surface area (Å²) in [5, 5.41) is 0.915. The average molecular weight is 227 g/mol. The summed E-state index contributed by atoms with van der Waals surface area (Å²) in [6.45, 7) is 2.13. The Hall–Kier alpha value is -0.340. The maximum Gasteiger partial charge on any atom is 0.118 e. The normalized spacial score (nSPS) is 33.3. The van der Waals surface area contributed by atoms with Gasteiger partial charge in [-0.3, -0.25) is 0 Å². The zero-order valence-corrected chi connectivity index (χ0v) is 8.54. The third-order valence-corrected chi connectivity index (χ3v) is 3.02. The van der Waals surface area contributed by atoms with Crippen molar-refractivity contribution in [2.45, 2.75) is 18.6 Å². The van der Waals surface area contributed by atoms with Crippen LogP contribution in [-0.2, 0) is 10.3 Å². The van der Waals surface area contributed by atoms with E-state index >= 15 is 0 Å². The molecule has 1 fully saturated rings. The van der Waals surface area contributed by atoms with Crippen LogP contribution in [0.15, 0.2) is 30.3 Å². The number of rotatable bonds is 2. The number of halogens is 1. The van der Waals surface area contributed by atoms with Gasteiger partial charge in [0.05, 0.1) is 0 Å². The molecule has 2 rings (SSSR count). The van der Waals surface area contributed by atoms with Gasteiger partial charge in [0.15, 0.2) is 0 Å². The highest BCUT2D eigenvalue weighted by atomic mass is 79.9.